The standard InChI is InChI=1S/C15H23N7O5/c16-14(17)20-6-8(21-15(18)19)5-12(25)22-9(13(26)27)3-7-1-2-10(23)11(24)4-7/h1-2,4,8-9,23-24H,3,5-6H2,(H,22,25)(H,26,27)(H4,16,17,20)(H4,18,19,21)/t8-,9-/m0/s1. The fraction of sp³-hybridized carbons (Fsp3) is 0.333. The topological polar surface area (TPSA) is 236 Å². The van der Waals surface area contributed by atoms with Crippen molar-refractivity contribution in [2.45, 2.75) is 24.9 Å². The first-order chi connectivity index (χ1) is 12.6. The number of phenols is 2. The van der Waals surface area contributed by atoms with Gasteiger partial charge in [0, 0.05) is 6.42 Å². The van der Waals surface area contributed by atoms with Crippen molar-refractivity contribution >= 4 is 23.8 Å². The Bertz CT molecular complexity index is 742. The molecule has 12 N–H and O–H groups in total. The number of phenolic OH excluding ortho intramolecular Hbond substituents is 2. The van der Waals surface area contributed by atoms with Gasteiger partial charge in [-0.1, -0.05) is 6.07 Å². The second-order valence-corrected chi connectivity index (χ2v) is 5.66. The zero-order valence-corrected chi connectivity index (χ0v) is 14.4. The van der Waals surface area contributed by atoms with Gasteiger partial charge in [-0.15, -0.1) is 0 Å². The van der Waals surface area contributed by atoms with E-state index in [1.165, 1.54) is 18.2 Å². The van der Waals surface area contributed by atoms with E-state index in [9.17, 15) is 24.9 Å². The molecular weight excluding hydrogens is 358 g/mol. The van der Waals surface area contributed by atoms with E-state index in [1.54, 1.807) is 0 Å². The zero-order chi connectivity index (χ0) is 20.6. The highest BCUT2D eigenvalue weighted by Gasteiger charge is 2.23. The Hall–Kier alpha value is -3.70. The first kappa shape index (κ1) is 21.3. The van der Waals surface area contributed by atoms with E-state index in [1.807, 2.05) is 0 Å². The molecule has 0 aliphatic heterocycles. The maximum Gasteiger partial charge on any atom is 0.326 e. The highest BCUT2D eigenvalue weighted by Crippen LogP contribution is 2.25. The molecule has 0 aliphatic rings. The number of nitrogens with two attached hydrogens (primary N) is 4. The van der Waals surface area contributed by atoms with E-state index in [0.717, 1.165) is 0 Å². The number of hydrogen-bond acceptors (Lipinski definition) is 6. The molecule has 12 nitrogen and oxygen atoms in total. The summed E-state index contributed by atoms with van der Waals surface area (Å²) in [5.41, 5.74) is 21.5. The minimum atomic E-state index is -1.28. The number of nitrogens with zero attached hydrogens (tertiary/aromatic N) is 2. The third kappa shape index (κ3) is 7.81. The van der Waals surface area contributed by atoms with E-state index in [2.05, 4.69) is 15.3 Å². The van der Waals surface area contributed by atoms with Gasteiger partial charge in [-0.2, -0.15) is 0 Å². The summed E-state index contributed by atoms with van der Waals surface area (Å²) in [6.45, 7) is -0.0583. The van der Waals surface area contributed by atoms with Crippen LogP contribution in [0.25, 0.3) is 0 Å². The first-order valence-corrected chi connectivity index (χ1v) is 7.75. The van der Waals surface area contributed by atoms with Crippen LogP contribution in [0.1, 0.15) is 12.0 Å². The van der Waals surface area contributed by atoms with E-state index in [4.69, 9.17) is 22.9 Å². The van der Waals surface area contributed by atoms with Crippen LogP contribution < -0.4 is 28.3 Å². The number of aromatic hydroxyl groups is 2. The predicted octanol–water partition coefficient (Wildman–Crippen LogP) is -2.48. The number of nitrogens with one attached hydrogen (secondary N) is 1. The summed E-state index contributed by atoms with van der Waals surface area (Å²) >= 11 is 0. The van der Waals surface area contributed by atoms with Gasteiger partial charge in [0.1, 0.15) is 6.04 Å². The summed E-state index contributed by atoms with van der Waals surface area (Å²) in [6, 6.07) is 1.81. The molecule has 148 valence electrons. The van der Waals surface area contributed by atoms with Crippen molar-refractivity contribution in [2.75, 3.05) is 6.54 Å². The molecule has 0 aliphatic carbocycles. The van der Waals surface area contributed by atoms with E-state index in [-0.39, 0.29) is 37.1 Å². The van der Waals surface area contributed by atoms with E-state index < -0.39 is 29.7 Å². The van der Waals surface area contributed by atoms with Gasteiger partial charge in [0.25, 0.3) is 0 Å². The minimum absolute atomic E-state index is 0.0583. The van der Waals surface area contributed by atoms with Crippen molar-refractivity contribution in [2.24, 2.45) is 32.9 Å². The number of amides is 1. The van der Waals surface area contributed by atoms with Gasteiger partial charge in [-0.3, -0.25) is 9.79 Å². The average Bonchev–Trinajstić information content (AvgIpc) is 2.54. The van der Waals surface area contributed by atoms with E-state index >= 15 is 0 Å². The number of carboxylic acid groups (broad SMARTS) is 1. The maximum atomic E-state index is 12.2. The summed E-state index contributed by atoms with van der Waals surface area (Å²) in [7, 11) is 0. The molecule has 0 spiro atoms. The molecule has 0 fully saturated rings. The van der Waals surface area contributed by atoms with E-state index in [0.29, 0.717) is 5.56 Å². The summed E-state index contributed by atoms with van der Waals surface area (Å²) in [6.07, 6.45) is -0.366. The third-order valence-corrected chi connectivity index (χ3v) is 3.35. The zero-order valence-electron chi connectivity index (χ0n) is 14.4. The smallest absolute Gasteiger partial charge is 0.326 e. The normalized spacial score (nSPS) is 12.4. The van der Waals surface area contributed by atoms with Gasteiger partial charge in [0.15, 0.2) is 23.4 Å². The lowest BCUT2D eigenvalue weighted by Gasteiger charge is -2.17. The summed E-state index contributed by atoms with van der Waals surface area (Å²) in [4.78, 5) is 31.2. The molecule has 0 bridgehead atoms. The highest BCUT2D eigenvalue weighted by atomic mass is 16.4. The van der Waals surface area contributed by atoms with Crippen molar-refractivity contribution in [3.05, 3.63) is 23.8 Å². The van der Waals surface area contributed by atoms with Crippen LogP contribution in [0.5, 0.6) is 11.5 Å². The lowest BCUT2D eigenvalue weighted by molar-refractivity contribution is -0.141. The van der Waals surface area contributed by atoms with Crippen LogP contribution in [0.2, 0.25) is 0 Å². The Balaban J connectivity index is 2.81. The van der Waals surface area contributed by atoms with Crippen molar-refractivity contribution < 1.29 is 24.9 Å². The fourth-order valence-corrected chi connectivity index (χ4v) is 2.17. The number of rotatable bonds is 9. The molecule has 27 heavy (non-hydrogen) atoms. The lowest BCUT2D eigenvalue weighted by atomic mass is 10.0. The molecule has 0 heterocycles. The Labute approximate surface area is 154 Å². The van der Waals surface area contributed by atoms with Crippen LogP contribution in [0.4, 0.5) is 0 Å². The molecule has 0 radical (unpaired) electrons. The van der Waals surface area contributed by atoms with Crippen LogP contribution in [-0.2, 0) is 16.0 Å². The molecule has 0 saturated heterocycles. The highest BCUT2D eigenvalue weighted by molar-refractivity contribution is 5.84. The monoisotopic (exact) mass is 381 g/mol. The molecule has 0 aromatic heterocycles. The minimum Gasteiger partial charge on any atom is -0.504 e. The molecule has 1 aromatic carbocycles. The Morgan fingerprint density at radius 3 is 2.26 bits per heavy atom. The molecule has 0 unspecified atom stereocenters. The molecule has 12 heteroatoms. The van der Waals surface area contributed by atoms with Crippen molar-refractivity contribution in [3.8, 4) is 11.5 Å². The number of benzene rings is 1. The van der Waals surface area contributed by atoms with Gasteiger partial charge in [0.05, 0.1) is 19.0 Å². The quantitative estimate of drug-likeness (QED) is 0.128. The molecule has 1 rings (SSSR count). The van der Waals surface area contributed by atoms with Crippen LogP contribution >= 0.6 is 0 Å². The van der Waals surface area contributed by atoms with Crippen LogP contribution in [0.15, 0.2) is 28.2 Å². The first-order valence-electron chi connectivity index (χ1n) is 7.75. The summed E-state index contributed by atoms with van der Waals surface area (Å²) in [5.74, 6) is -3.12. The Morgan fingerprint density at radius 1 is 1.07 bits per heavy atom. The van der Waals surface area contributed by atoms with Crippen LogP contribution in [0, 0.1) is 0 Å². The summed E-state index contributed by atoms with van der Waals surface area (Å²) < 4.78 is 0. The Kier molecular flexibility index (Phi) is 7.67. The number of guanidine groups is 2. The predicted molar refractivity (Wildman–Crippen MR) is 97.9 cm³/mol. The molecule has 1 aromatic rings. The second kappa shape index (κ2) is 9.70. The molecule has 2 atom stereocenters. The van der Waals surface area contributed by atoms with Crippen LogP contribution in [0.3, 0.4) is 0 Å². The number of hydrogen-bond donors (Lipinski definition) is 8. The maximum absolute atomic E-state index is 12.2. The number of carbonyl (C=O) groups is 2. The number of carboxylic acids is 1. The lowest BCUT2D eigenvalue weighted by Crippen LogP contribution is -2.43. The Morgan fingerprint density at radius 2 is 1.74 bits per heavy atom. The van der Waals surface area contributed by atoms with Gasteiger partial charge < -0.3 is 43.6 Å². The van der Waals surface area contributed by atoms with Gasteiger partial charge in [-0.05, 0) is 17.7 Å². The van der Waals surface area contributed by atoms with Gasteiger partial charge in [-0.25, -0.2) is 9.79 Å². The van der Waals surface area contributed by atoms with Crippen molar-refractivity contribution in [1.82, 2.24) is 5.32 Å². The second-order valence-electron chi connectivity index (χ2n) is 5.66. The average molecular weight is 381 g/mol. The van der Waals surface area contributed by atoms with Crippen molar-refractivity contribution in [1.29, 1.82) is 0 Å². The molecule has 1 amide bonds. The number of carbonyl (C=O) groups excluding carboxylic acids is 1. The number of aliphatic imine (C=N–C) groups is 2. The molecular formula is C15H23N7O5. The SMILES string of the molecule is NC(N)=NC[C@H](CC(=O)N[C@@H](Cc1ccc(O)c(O)c1)C(=O)O)N=C(N)N. The molecule has 0 saturated carbocycles. The number of aliphatic carboxylic acids is 1. The largest absolute Gasteiger partial charge is 0.504 e. The fourth-order valence-electron chi connectivity index (χ4n) is 2.17. The van der Waals surface area contributed by atoms with Gasteiger partial charge in [0.2, 0.25) is 5.91 Å². The van der Waals surface area contributed by atoms with Crippen molar-refractivity contribution in [3.63, 3.8) is 0 Å². The summed E-state index contributed by atoms with van der Waals surface area (Å²) in [5, 5.41) is 30.4. The van der Waals surface area contributed by atoms with Gasteiger partial charge >= 0.3 is 5.97 Å². The third-order valence-electron chi connectivity index (χ3n) is 3.35. The van der Waals surface area contributed by atoms with Crippen LogP contribution in [-0.4, -0.2) is 57.7 Å².